The Kier molecular flexibility index (Phi) is 3.28. The number of hydrogen-bond donors (Lipinski definition) is 1. The predicted molar refractivity (Wildman–Crippen MR) is 53.3 cm³/mol. The summed E-state index contributed by atoms with van der Waals surface area (Å²) in [5.41, 5.74) is 5.51. The first-order chi connectivity index (χ1) is 6.65. The molecule has 0 aromatic heterocycles. The van der Waals surface area contributed by atoms with Gasteiger partial charge in [0.05, 0.1) is 11.5 Å². The molecule has 0 aliphatic heterocycles. The van der Waals surface area contributed by atoms with Gasteiger partial charge in [0.1, 0.15) is 11.4 Å². The fraction of sp³-hybridized carbons (Fsp3) is 0.333. The van der Waals surface area contributed by atoms with Gasteiger partial charge in [-0.1, -0.05) is 6.92 Å². The number of nitrogen functional groups attached to an aromatic ring is 1. The molecule has 0 unspecified atom stereocenters. The molecule has 1 aromatic rings. The third kappa shape index (κ3) is 2.35. The Bertz CT molecular complexity index is 339. The van der Waals surface area contributed by atoms with E-state index >= 15 is 0 Å². The molecule has 76 valence electrons. The van der Waals surface area contributed by atoms with E-state index in [4.69, 9.17) is 10.5 Å². The lowest BCUT2D eigenvalue weighted by molar-refractivity contribution is -0.383. The lowest BCUT2D eigenvalue weighted by Crippen LogP contribution is -1.98. The lowest BCUT2D eigenvalue weighted by atomic mass is 10.2. The van der Waals surface area contributed by atoms with Gasteiger partial charge in [0.25, 0.3) is 5.69 Å². The standard InChI is InChI=1S/C9H12N2O3/c1-2-5-14-7-3-4-9(11(12)13)8(10)6-7/h3-4,6H,2,5,10H2,1H3. The molecule has 5 heteroatoms. The number of anilines is 1. The molecule has 0 saturated heterocycles. The van der Waals surface area contributed by atoms with Crippen molar-refractivity contribution in [2.45, 2.75) is 13.3 Å². The van der Waals surface area contributed by atoms with Crippen LogP contribution in [-0.2, 0) is 0 Å². The molecule has 0 amide bonds. The number of rotatable bonds is 4. The number of nitro groups is 1. The maximum atomic E-state index is 10.4. The van der Waals surface area contributed by atoms with Crippen molar-refractivity contribution < 1.29 is 9.66 Å². The van der Waals surface area contributed by atoms with Crippen LogP contribution < -0.4 is 10.5 Å². The largest absolute Gasteiger partial charge is 0.494 e. The van der Waals surface area contributed by atoms with E-state index in [1.54, 1.807) is 6.07 Å². The highest BCUT2D eigenvalue weighted by atomic mass is 16.6. The minimum absolute atomic E-state index is 0.0890. The molecule has 2 N–H and O–H groups in total. The minimum atomic E-state index is -0.515. The Morgan fingerprint density at radius 3 is 2.79 bits per heavy atom. The van der Waals surface area contributed by atoms with Crippen molar-refractivity contribution in [3.05, 3.63) is 28.3 Å². The van der Waals surface area contributed by atoms with E-state index in [0.29, 0.717) is 12.4 Å². The van der Waals surface area contributed by atoms with Gasteiger partial charge in [-0.25, -0.2) is 0 Å². The Morgan fingerprint density at radius 2 is 2.29 bits per heavy atom. The van der Waals surface area contributed by atoms with Gasteiger partial charge in [0, 0.05) is 12.1 Å². The zero-order valence-corrected chi connectivity index (χ0v) is 7.90. The summed E-state index contributed by atoms with van der Waals surface area (Å²) in [6, 6.07) is 4.36. The summed E-state index contributed by atoms with van der Waals surface area (Å²) in [7, 11) is 0. The summed E-state index contributed by atoms with van der Waals surface area (Å²) >= 11 is 0. The molecule has 14 heavy (non-hydrogen) atoms. The van der Waals surface area contributed by atoms with Crippen LogP contribution in [0.5, 0.6) is 5.75 Å². The van der Waals surface area contributed by atoms with Gasteiger partial charge >= 0.3 is 0 Å². The van der Waals surface area contributed by atoms with Crippen molar-refractivity contribution in [3.8, 4) is 5.75 Å². The summed E-state index contributed by atoms with van der Waals surface area (Å²) in [5.74, 6) is 0.565. The smallest absolute Gasteiger partial charge is 0.292 e. The van der Waals surface area contributed by atoms with Gasteiger partial charge in [0.15, 0.2) is 0 Å². The van der Waals surface area contributed by atoms with Crippen LogP contribution in [0, 0.1) is 10.1 Å². The van der Waals surface area contributed by atoms with Gasteiger partial charge in [-0.3, -0.25) is 10.1 Å². The van der Waals surface area contributed by atoms with Crippen LogP contribution in [0.3, 0.4) is 0 Å². The number of ether oxygens (including phenoxy) is 1. The van der Waals surface area contributed by atoms with E-state index in [-0.39, 0.29) is 11.4 Å². The summed E-state index contributed by atoms with van der Waals surface area (Å²) in [4.78, 5) is 9.92. The van der Waals surface area contributed by atoms with E-state index in [0.717, 1.165) is 6.42 Å². The van der Waals surface area contributed by atoms with Crippen molar-refractivity contribution in [3.63, 3.8) is 0 Å². The maximum Gasteiger partial charge on any atom is 0.292 e. The summed E-state index contributed by atoms with van der Waals surface area (Å²) in [5, 5.41) is 10.4. The molecule has 1 rings (SSSR count). The van der Waals surface area contributed by atoms with Crippen LogP contribution in [-0.4, -0.2) is 11.5 Å². The van der Waals surface area contributed by atoms with E-state index in [9.17, 15) is 10.1 Å². The highest BCUT2D eigenvalue weighted by Crippen LogP contribution is 2.25. The van der Waals surface area contributed by atoms with Gasteiger partial charge < -0.3 is 10.5 Å². The first kappa shape index (κ1) is 10.3. The Labute approximate surface area is 81.6 Å². The molecule has 0 radical (unpaired) electrons. The minimum Gasteiger partial charge on any atom is -0.494 e. The van der Waals surface area contributed by atoms with Crippen molar-refractivity contribution in [2.24, 2.45) is 0 Å². The fourth-order valence-corrected chi connectivity index (χ4v) is 1.01. The predicted octanol–water partition coefficient (Wildman–Crippen LogP) is 1.97. The molecule has 0 aliphatic rings. The molecule has 0 fully saturated rings. The highest BCUT2D eigenvalue weighted by Gasteiger charge is 2.11. The van der Waals surface area contributed by atoms with E-state index in [2.05, 4.69) is 0 Å². The second-order valence-corrected chi connectivity index (χ2v) is 2.83. The molecule has 0 saturated carbocycles. The molecule has 0 atom stereocenters. The average molecular weight is 196 g/mol. The quantitative estimate of drug-likeness (QED) is 0.453. The van der Waals surface area contributed by atoms with Gasteiger partial charge in [-0.15, -0.1) is 0 Å². The summed E-state index contributed by atoms with van der Waals surface area (Å²) in [6.07, 6.45) is 0.886. The molecule has 5 nitrogen and oxygen atoms in total. The third-order valence-electron chi connectivity index (χ3n) is 1.67. The van der Waals surface area contributed by atoms with Crippen LogP contribution in [0.25, 0.3) is 0 Å². The molecular weight excluding hydrogens is 184 g/mol. The number of nitro benzene ring substituents is 1. The Balaban J connectivity index is 2.83. The zero-order valence-electron chi connectivity index (χ0n) is 7.90. The molecule has 1 aromatic carbocycles. The summed E-state index contributed by atoms with van der Waals surface area (Å²) in [6.45, 7) is 2.56. The van der Waals surface area contributed by atoms with Crippen LogP contribution in [0.1, 0.15) is 13.3 Å². The van der Waals surface area contributed by atoms with E-state index in [1.165, 1.54) is 12.1 Å². The van der Waals surface area contributed by atoms with Crippen molar-refractivity contribution >= 4 is 11.4 Å². The molecular formula is C9H12N2O3. The number of nitrogens with zero attached hydrogens (tertiary/aromatic N) is 1. The first-order valence-electron chi connectivity index (χ1n) is 4.32. The van der Waals surface area contributed by atoms with E-state index in [1.807, 2.05) is 6.92 Å². The normalized spacial score (nSPS) is 9.79. The number of hydrogen-bond acceptors (Lipinski definition) is 4. The first-order valence-corrected chi connectivity index (χ1v) is 4.32. The van der Waals surface area contributed by atoms with Crippen LogP contribution in [0.15, 0.2) is 18.2 Å². The molecule has 0 bridgehead atoms. The molecule has 0 aliphatic carbocycles. The number of nitrogens with two attached hydrogens (primary N) is 1. The zero-order chi connectivity index (χ0) is 10.6. The van der Waals surface area contributed by atoms with Gasteiger partial charge in [-0.2, -0.15) is 0 Å². The second-order valence-electron chi connectivity index (χ2n) is 2.83. The van der Waals surface area contributed by atoms with Crippen LogP contribution in [0.2, 0.25) is 0 Å². The lowest BCUT2D eigenvalue weighted by Gasteiger charge is -2.04. The fourth-order valence-electron chi connectivity index (χ4n) is 1.01. The molecule has 0 heterocycles. The van der Waals surface area contributed by atoms with Crippen LogP contribution in [0.4, 0.5) is 11.4 Å². The Hall–Kier alpha value is -1.78. The monoisotopic (exact) mass is 196 g/mol. The van der Waals surface area contributed by atoms with Crippen molar-refractivity contribution in [2.75, 3.05) is 12.3 Å². The SMILES string of the molecule is CCCOc1ccc([N+](=O)[O-])c(N)c1. The second kappa shape index (κ2) is 4.45. The third-order valence-corrected chi connectivity index (χ3v) is 1.67. The topological polar surface area (TPSA) is 78.4 Å². The van der Waals surface area contributed by atoms with Crippen molar-refractivity contribution in [1.29, 1.82) is 0 Å². The van der Waals surface area contributed by atoms with Gasteiger partial charge in [0.2, 0.25) is 0 Å². The molecule has 0 spiro atoms. The number of benzene rings is 1. The van der Waals surface area contributed by atoms with Crippen molar-refractivity contribution in [1.82, 2.24) is 0 Å². The Morgan fingerprint density at radius 1 is 1.57 bits per heavy atom. The van der Waals surface area contributed by atoms with E-state index < -0.39 is 4.92 Å². The summed E-state index contributed by atoms with van der Waals surface area (Å²) < 4.78 is 5.27. The maximum absolute atomic E-state index is 10.4. The van der Waals surface area contributed by atoms with Crippen LogP contribution >= 0.6 is 0 Å². The van der Waals surface area contributed by atoms with Gasteiger partial charge in [-0.05, 0) is 12.5 Å². The highest BCUT2D eigenvalue weighted by molar-refractivity contribution is 5.60. The average Bonchev–Trinajstić information content (AvgIpc) is 2.14.